The molecule has 0 heterocycles. The van der Waals surface area contributed by atoms with Crippen LogP contribution in [0.15, 0.2) is 237 Å². The molecule has 0 unspecified atom stereocenters. The number of hydrogen-bond acceptors (Lipinski definition) is 1. The number of nitrogens with zero attached hydrogens (tertiary/aromatic N) is 1. The van der Waals surface area contributed by atoms with E-state index >= 15 is 0 Å². The van der Waals surface area contributed by atoms with E-state index < -0.39 is 0 Å². The van der Waals surface area contributed by atoms with Gasteiger partial charge in [-0.1, -0.05) is 206 Å². The minimum Gasteiger partial charge on any atom is -0.310 e. The molecule has 0 saturated heterocycles. The number of rotatable bonds is 8. The average Bonchev–Trinajstić information content (AvgIpc) is 3.30. The largest absolute Gasteiger partial charge is 0.310 e. The third-order valence-electron chi connectivity index (χ3n) is 11.1. The highest BCUT2D eigenvalue weighted by atomic mass is 15.1. The fourth-order valence-electron chi connectivity index (χ4n) is 8.39. The van der Waals surface area contributed by atoms with E-state index in [0.717, 1.165) is 17.1 Å². The van der Waals surface area contributed by atoms with Crippen LogP contribution in [0.25, 0.3) is 77.2 Å². The van der Waals surface area contributed by atoms with Gasteiger partial charge in [0.25, 0.3) is 0 Å². The van der Waals surface area contributed by atoms with Crippen LogP contribution in [0.4, 0.5) is 17.1 Å². The Kier molecular flexibility index (Phi) is 8.95. The minimum atomic E-state index is 1.09. The van der Waals surface area contributed by atoms with Crippen molar-refractivity contribution in [2.75, 3.05) is 4.90 Å². The molecule has 0 aliphatic rings. The molecule has 0 amide bonds. The standard InChI is InChI=1S/C56H39N/c1-5-17-40(18-6-1)42-31-33-43(34-32-42)44-35-37-48(38-36-44)57(49-26-15-25-47(39-49)41-19-7-2-8-20-41)53-30-16-29-52-55(46-23-11-4-12-24-46)54(45-21-9-3-10-22-45)50-27-13-14-28-51(50)56(52)53/h1-39H. The van der Waals surface area contributed by atoms with E-state index in [4.69, 9.17) is 0 Å². The minimum absolute atomic E-state index is 1.09. The van der Waals surface area contributed by atoms with Crippen molar-refractivity contribution in [1.29, 1.82) is 0 Å². The maximum absolute atomic E-state index is 2.44. The van der Waals surface area contributed by atoms with Gasteiger partial charge in [0.2, 0.25) is 0 Å². The molecule has 268 valence electrons. The van der Waals surface area contributed by atoms with Crippen LogP contribution < -0.4 is 4.90 Å². The topological polar surface area (TPSA) is 3.24 Å². The first kappa shape index (κ1) is 34.0. The summed E-state index contributed by atoms with van der Waals surface area (Å²) in [7, 11) is 0. The van der Waals surface area contributed by atoms with Gasteiger partial charge in [-0.2, -0.15) is 0 Å². The van der Waals surface area contributed by atoms with E-state index in [2.05, 4.69) is 241 Å². The summed E-state index contributed by atoms with van der Waals surface area (Å²) in [6, 6.07) is 85.6. The normalized spacial score (nSPS) is 11.2. The maximum Gasteiger partial charge on any atom is 0.0546 e. The molecule has 0 aromatic heterocycles. The van der Waals surface area contributed by atoms with Crippen molar-refractivity contribution in [3.63, 3.8) is 0 Å². The lowest BCUT2D eigenvalue weighted by molar-refractivity contribution is 1.30. The van der Waals surface area contributed by atoms with Gasteiger partial charge in [-0.25, -0.2) is 0 Å². The molecule has 10 rings (SSSR count). The summed E-state index contributed by atoms with van der Waals surface area (Å²) >= 11 is 0. The first-order valence-electron chi connectivity index (χ1n) is 19.6. The Morgan fingerprint density at radius 3 is 1.18 bits per heavy atom. The second kappa shape index (κ2) is 15.0. The molecule has 0 atom stereocenters. The molecule has 0 bridgehead atoms. The van der Waals surface area contributed by atoms with Crippen LogP contribution in [0.1, 0.15) is 0 Å². The molecule has 1 heteroatoms. The maximum atomic E-state index is 2.44. The van der Waals surface area contributed by atoms with Crippen molar-refractivity contribution >= 4 is 38.6 Å². The van der Waals surface area contributed by atoms with E-state index in [1.165, 1.54) is 77.2 Å². The van der Waals surface area contributed by atoms with E-state index in [0.29, 0.717) is 0 Å². The van der Waals surface area contributed by atoms with Crippen molar-refractivity contribution in [3.8, 4) is 55.6 Å². The van der Waals surface area contributed by atoms with Crippen LogP contribution in [0.3, 0.4) is 0 Å². The fourth-order valence-corrected chi connectivity index (χ4v) is 8.39. The van der Waals surface area contributed by atoms with E-state index in [9.17, 15) is 0 Å². The SMILES string of the molecule is c1ccc(-c2ccc(-c3ccc(N(c4cccc(-c5ccccc5)c4)c4cccc5c(-c6ccccc6)c(-c6ccccc6)c6ccccc6c45)cc3)cc2)cc1. The van der Waals surface area contributed by atoms with E-state index in [-0.39, 0.29) is 0 Å². The number of benzene rings is 10. The first-order chi connectivity index (χ1) is 28.3. The molecule has 0 aliphatic heterocycles. The number of anilines is 3. The third kappa shape index (κ3) is 6.46. The van der Waals surface area contributed by atoms with Gasteiger partial charge >= 0.3 is 0 Å². The lowest BCUT2D eigenvalue weighted by Gasteiger charge is -2.29. The summed E-state index contributed by atoms with van der Waals surface area (Å²) in [4.78, 5) is 2.44. The van der Waals surface area contributed by atoms with Crippen LogP contribution in [0.5, 0.6) is 0 Å². The van der Waals surface area contributed by atoms with Gasteiger partial charge < -0.3 is 4.90 Å². The van der Waals surface area contributed by atoms with Crippen LogP contribution in [-0.2, 0) is 0 Å². The first-order valence-corrected chi connectivity index (χ1v) is 19.6. The van der Waals surface area contributed by atoms with E-state index in [1.54, 1.807) is 0 Å². The lowest BCUT2D eigenvalue weighted by atomic mass is 9.84. The summed E-state index contributed by atoms with van der Waals surface area (Å²) in [5.74, 6) is 0. The zero-order valence-electron chi connectivity index (χ0n) is 31.5. The smallest absolute Gasteiger partial charge is 0.0546 e. The molecule has 10 aromatic carbocycles. The van der Waals surface area contributed by atoms with Gasteiger partial charge in [0.05, 0.1) is 5.69 Å². The number of fused-ring (bicyclic) bond motifs is 3. The van der Waals surface area contributed by atoms with Crippen molar-refractivity contribution < 1.29 is 0 Å². The number of hydrogen-bond donors (Lipinski definition) is 0. The Bertz CT molecular complexity index is 2950. The Hall–Kier alpha value is -7.48. The summed E-state index contributed by atoms with van der Waals surface area (Å²) in [6.45, 7) is 0. The Morgan fingerprint density at radius 2 is 0.614 bits per heavy atom. The van der Waals surface area contributed by atoms with Crippen LogP contribution in [0, 0.1) is 0 Å². The Labute approximate surface area is 334 Å². The van der Waals surface area contributed by atoms with E-state index in [1.807, 2.05) is 0 Å². The van der Waals surface area contributed by atoms with Gasteiger partial charge in [-0.15, -0.1) is 0 Å². The highest BCUT2D eigenvalue weighted by Crippen LogP contribution is 2.49. The molecule has 0 fully saturated rings. The molecule has 0 saturated carbocycles. The third-order valence-corrected chi connectivity index (χ3v) is 11.1. The molecule has 0 N–H and O–H groups in total. The summed E-state index contributed by atoms with van der Waals surface area (Å²) in [5, 5.41) is 4.89. The quantitative estimate of drug-likeness (QED) is 0.141. The zero-order chi connectivity index (χ0) is 38.0. The lowest BCUT2D eigenvalue weighted by Crippen LogP contribution is -2.11. The second-order valence-corrected chi connectivity index (χ2v) is 14.5. The Balaban J connectivity index is 1.20. The van der Waals surface area contributed by atoms with Gasteiger partial charge in [0.1, 0.15) is 0 Å². The summed E-state index contributed by atoms with van der Waals surface area (Å²) < 4.78 is 0. The molecule has 1 nitrogen and oxygen atoms in total. The van der Waals surface area contributed by atoms with Crippen LogP contribution in [-0.4, -0.2) is 0 Å². The van der Waals surface area contributed by atoms with Crippen molar-refractivity contribution in [1.82, 2.24) is 0 Å². The van der Waals surface area contributed by atoms with Crippen molar-refractivity contribution in [2.45, 2.75) is 0 Å². The second-order valence-electron chi connectivity index (χ2n) is 14.5. The van der Waals surface area contributed by atoms with Crippen molar-refractivity contribution in [2.24, 2.45) is 0 Å². The molecule has 0 aliphatic carbocycles. The molecule has 57 heavy (non-hydrogen) atoms. The van der Waals surface area contributed by atoms with Crippen molar-refractivity contribution in [3.05, 3.63) is 237 Å². The molecule has 0 radical (unpaired) electrons. The fraction of sp³-hybridized carbons (Fsp3) is 0. The monoisotopic (exact) mass is 725 g/mol. The summed E-state index contributed by atoms with van der Waals surface area (Å²) in [6.07, 6.45) is 0. The predicted molar refractivity (Wildman–Crippen MR) is 243 cm³/mol. The average molecular weight is 726 g/mol. The highest BCUT2D eigenvalue weighted by molar-refractivity contribution is 6.25. The zero-order valence-corrected chi connectivity index (χ0v) is 31.5. The molecule has 0 spiro atoms. The van der Waals surface area contributed by atoms with Gasteiger partial charge in [-0.05, 0) is 102 Å². The molecule has 10 aromatic rings. The Morgan fingerprint density at radius 1 is 0.228 bits per heavy atom. The van der Waals surface area contributed by atoms with Crippen LogP contribution >= 0.6 is 0 Å². The predicted octanol–water partition coefficient (Wildman–Crippen LogP) is 15.8. The van der Waals surface area contributed by atoms with Gasteiger partial charge in [0.15, 0.2) is 0 Å². The highest BCUT2D eigenvalue weighted by Gasteiger charge is 2.23. The summed E-state index contributed by atoms with van der Waals surface area (Å²) in [5.41, 5.74) is 15.4. The van der Waals surface area contributed by atoms with Gasteiger partial charge in [0, 0.05) is 16.8 Å². The van der Waals surface area contributed by atoms with Gasteiger partial charge in [-0.3, -0.25) is 0 Å². The molecular weight excluding hydrogens is 687 g/mol. The van der Waals surface area contributed by atoms with Crippen LogP contribution in [0.2, 0.25) is 0 Å². The molecular formula is C56H39N.